The van der Waals surface area contributed by atoms with E-state index in [-0.39, 0.29) is 0 Å². The summed E-state index contributed by atoms with van der Waals surface area (Å²) in [5, 5.41) is 0. The van der Waals surface area contributed by atoms with Crippen LogP contribution in [-0.2, 0) is 12.8 Å². The van der Waals surface area contributed by atoms with Gasteiger partial charge >= 0.3 is 0 Å². The van der Waals surface area contributed by atoms with Gasteiger partial charge in [-0.3, -0.25) is 11.3 Å². The fourth-order valence-corrected chi connectivity index (χ4v) is 3.98. The summed E-state index contributed by atoms with van der Waals surface area (Å²) in [6, 6.07) is 4.97. The van der Waals surface area contributed by atoms with Crippen LogP contribution in [0.3, 0.4) is 0 Å². The minimum absolute atomic E-state index is 0.453. The number of nitrogens with two attached hydrogens (primary N) is 1. The van der Waals surface area contributed by atoms with Crippen LogP contribution in [0.25, 0.3) is 0 Å². The molecule has 0 saturated heterocycles. The molecule has 2 nitrogen and oxygen atoms in total. The van der Waals surface area contributed by atoms with E-state index in [9.17, 15) is 0 Å². The quantitative estimate of drug-likeness (QED) is 0.584. The molecule has 0 bridgehead atoms. The minimum Gasteiger partial charge on any atom is -0.271 e. The molecule has 0 amide bonds. The summed E-state index contributed by atoms with van der Waals surface area (Å²) in [6.45, 7) is 2.22. The second kappa shape index (κ2) is 7.27. The van der Waals surface area contributed by atoms with Crippen molar-refractivity contribution in [1.29, 1.82) is 0 Å². The molecule has 102 valence electrons. The van der Waals surface area contributed by atoms with Crippen molar-refractivity contribution in [3.63, 3.8) is 0 Å². The average molecular weight is 266 g/mol. The molecule has 1 aliphatic rings. The van der Waals surface area contributed by atoms with Gasteiger partial charge < -0.3 is 0 Å². The Bertz CT molecular complexity index is 342. The largest absolute Gasteiger partial charge is 0.271 e. The second-order valence-corrected chi connectivity index (χ2v) is 6.77. The SMILES string of the molecule is CCc1ccc(CC(CCC2CCCC2)NN)s1. The molecule has 3 heteroatoms. The van der Waals surface area contributed by atoms with Gasteiger partial charge in [-0.05, 0) is 43.7 Å². The van der Waals surface area contributed by atoms with Crippen LogP contribution < -0.4 is 11.3 Å². The fraction of sp³-hybridized carbons (Fsp3) is 0.733. The highest BCUT2D eigenvalue weighted by Gasteiger charge is 2.17. The molecule has 1 heterocycles. The van der Waals surface area contributed by atoms with E-state index in [2.05, 4.69) is 24.5 Å². The van der Waals surface area contributed by atoms with Gasteiger partial charge in [-0.25, -0.2) is 0 Å². The third kappa shape index (κ3) is 4.08. The van der Waals surface area contributed by atoms with Gasteiger partial charge in [0.2, 0.25) is 0 Å². The third-order valence-electron chi connectivity index (χ3n) is 4.15. The van der Waals surface area contributed by atoms with E-state index in [4.69, 9.17) is 5.84 Å². The predicted octanol–water partition coefficient (Wildman–Crippen LogP) is 3.66. The van der Waals surface area contributed by atoms with Gasteiger partial charge in [0, 0.05) is 15.8 Å². The van der Waals surface area contributed by atoms with Crippen molar-refractivity contribution in [2.75, 3.05) is 0 Å². The minimum atomic E-state index is 0.453. The van der Waals surface area contributed by atoms with Crippen LogP contribution in [0.1, 0.15) is 55.2 Å². The lowest BCUT2D eigenvalue weighted by molar-refractivity contribution is 0.408. The smallest absolute Gasteiger partial charge is 0.0258 e. The summed E-state index contributed by atoms with van der Waals surface area (Å²) in [7, 11) is 0. The molecule has 1 aromatic heterocycles. The van der Waals surface area contributed by atoms with E-state index in [1.807, 2.05) is 11.3 Å². The Morgan fingerprint density at radius 3 is 2.67 bits per heavy atom. The van der Waals surface area contributed by atoms with Crippen LogP contribution in [0.15, 0.2) is 12.1 Å². The van der Waals surface area contributed by atoms with E-state index in [0.29, 0.717) is 6.04 Å². The summed E-state index contributed by atoms with van der Waals surface area (Å²) in [5.41, 5.74) is 3.01. The van der Waals surface area contributed by atoms with Crippen molar-refractivity contribution in [3.05, 3.63) is 21.9 Å². The molecule has 3 N–H and O–H groups in total. The molecule has 0 radical (unpaired) electrons. The first-order valence-electron chi connectivity index (χ1n) is 7.35. The van der Waals surface area contributed by atoms with Crippen molar-refractivity contribution < 1.29 is 0 Å². The molecule has 0 aliphatic heterocycles. The Morgan fingerprint density at radius 1 is 1.33 bits per heavy atom. The summed E-state index contributed by atoms with van der Waals surface area (Å²) < 4.78 is 0. The van der Waals surface area contributed by atoms with Crippen molar-refractivity contribution in [1.82, 2.24) is 5.43 Å². The lowest BCUT2D eigenvalue weighted by atomic mass is 9.97. The Morgan fingerprint density at radius 2 is 2.06 bits per heavy atom. The Kier molecular flexibility index (Phi) is 5.67. The average Bonchev–Trinajstić information content (AvgIpc) is 3.05. The van der Waals surface area contributed by atoms with Crippen molar-refractivity contribution in [3.8, 4) is 0 Å². The number of nitrogens with one attached hydrogen (secondary N) is 1. The Labute approximate surface area is 115 Å². The highest BCUT2D eigenvalue weighted by molar-refractivity contribution is 7.11. The summed E-state index contributed by atoms with van der Waals surface area (Å²) in [4.78, 5) is 2.96. The summed E-state index contributed by atoms with van der Waals surface area (Å²) in [6.07, 6.45) is 10.6. The first-order chi connectivity index (χ1) is 8.81. The number of aryl methyl sites for hydroxylation is 1. The van der Waals surface area contributed by atoms with Gasteiger partial charge in [-0.2, -0.15) is 0 Å². The maximum absolute atomic E-state index is 5.70. The molecule has 0 spiro atoms. The molecular formula is C15H26N2S. The van der Waals surface area contributed by atoms with Crippen LogP contribution >= 0.6 is 11.3 Å². The molecule has 1 aromatic rings. The van der Waals surface area contributed by atoms with Gasteiger partial charge in [0.25, 0.3) is 0 Å². The first-order valence-corrected chi connectivity index (χ1v) is 8.17. The highest BCUT2D eigenvalue weighted by Crippen LogP contribution is 2.29. The second-order valence-electron chi connectivity index (χ2n) is 5.52. The van der Waals surface area contributed by atoms with Crippen LogP contribution in [-0.4, -0.2) is 6.04 Å². The van der Waals surface area contributed by atoms with Crippen molar-refractivity contribution in [2.24, 2.45) is 11.8 Å². The zero-order valence-corrected chi connectivity index (χ0v) is 12.3. The van der Waals surface area contributed by atoms with Crippen LogP contribution in [0.4, 0.5) is 0 Å². The predicted molar refractivity (Wildman–Crippen MR) is 79.7 cm³/mol. The van der Waals surface area contributed by atoms with Gasteiger partial charge in [-0.15, -0.1) is 11.3 Å². The molecular weight excluding hydrogens is 240 g/mol. The first kappa shape index (κ1) is 14.0. The zero-order chi connectivity index (χ0) is 12.8. The van der Waals surface area contributed by atoms with E-state index >= 15 is 0 Å². The fourth-order valence-electron chi connectivity index (χ4n) is 2.95. The zero-order valence-electron chi connectivity index (χ0n) is 11.5. The number of hydrogen-bond acceptors (Lipinski definition) is 3. The van der Waals surface area contributed by atoms with Gasteiger partial charge in [0.1, 0.15) is 0 Å². The third-order valence-corrected chi connectivity index (χ3v) is 5.40. The summed E-state index contributed by atoms with van der Waals surface area (Å²) in [5.74, 6) is 6.67. The monoisotopic (exact) mass is 266 g/mol. The molecule has 1 atom stereocenters. The Hall–Kier alpha value is -0.380. The standard InChI is InChI=1S/C15H26N2S/c1-2-14-9-10-15(18-14)11-13(17-16)8-7-12-5-3-4-6-12/h9-10,12-13,17H,2-8,11,16H2,1H3. The van der Waals surface area contributed by atoms with Crippen LogP contribution in [0.2, 0.25) is 0 Å². The molecule has 2 rings (SSSR count). The molecule has 18 heavy (non-hydrogen) atoms. The van der Waals surface area contributed by atoms with Crippen LogP contribution in [0.5, 0.6) is 0 Å². The Balaban J connectivity index is 1.77. The highest BCUT2D eigenvalue weighted by atomic mass is 32.1. The molecule has 1 saturated carbocycles. The molecule has 1 unspecified atom stereocenters. The van der Waals surface area contributed by atoms with E-state index in [1.54, 1.807) is 0 Å². The molecule has 1 aliphatic carbocycles. The topological polar surface area (TPSA) is 38.0 Å². The lowest BCUT2D eigenvalue weighted by Crippen LogP contribution is -2.36. The molecule has 0 aromatic carbocycles. The van der Waals surface area contributed by atoms with Gasteiger partial charge in [0.15, 0.2) is 0 Å². The number of hydrazine groups is 1. The van der Waals surface area contributed by atoms with E-state index < -0.39 is 0 Å². The maximum atomic E-state index is 5.70. The normalized spacial score (nSPS) is 18.3. The van der Waals surface area contributed by atoms with Gasteiger partial charge in [-0.1, -0.05) is 32.6 Å². The van der Waals surface area contributed by atoms with Crippen LogP contribution in [0, 0.1) is 5.92 Å². The molecule has 1 fully saturated rings. The van der Waals surface area contributed by atoms with Crippen molar-refractivity contribution >= 4 is 11.3 Å². The summed E-state index contributed by atoms with van der Waals surface area (Å²) >= 11 is 1.94. The number of thiophene rings is 1. The lowest BCUT2D eigenvalue weighted by Gasteiger charge is -2.17. The maximum Gasteiger partial charge on any atom is 0.0258 e. The van der Waals surface area contributed by atoms with Crippen molar-refractivity contribution in [2.45, 2.75) is 64.3 Å². The number of rotatable bonds is 7. The number of hydrogen-bond donors (Lipinski definition) is 2. The van der Waals surface area contributed by atoms with E-state index in [1.165, 1.54) is 48.3 Å². The van der Waals surface area contributed by atoms with Gasteiger partial charge in [0.05, 0.1) is 0 Å². The van der Waals surface area contributed by atoms with E-state index in [0.717, 1.165) is 18.8 Å².